The van der Waals surface area contributed by atoms with Gasteiger partial charge in [-0.3, -0.25) is 9.69 Å². The zero-order valence-electron chi connectivity index (χ0n) is 16.9. The molecule has 0 spiro atoms. The molecule has 1 aromatic rings. The monoisotopic (exact) mass is 373 g/mol. The van der Waals surface area contributed by atoms with Crippen molar-refractivity contribution in [2.45, 2.75) is 83.7 Å². The van der Waals surface area contributed by atoms with Gasteiger partial charge in [-0.15, -0.1) is 10.2 Å². The van der Waals surface area contributed by atoms with Gasteiger partial charge in [0.05, 0.1) is 6.54 Å². The predicted octanol–water partition coefficient (Wildman–Crippen LogP) is 3.18. The zero-order valence-corrected chi connectivity index (χ0v) is 16.9. The fourth-order valence-corrected chi connectivity index (χ4v) is 5.22. The SMILES string of the molecule is CCn1c(CN2CCCC2)nnc1C1CCN(C(=O)C2CCCCC2)CC1. The van der Waals surface area contributed by atoms with Gasteiger partial charge < -0.3 is 9.47 Å². The fraction of sp³-hybridized carbons (Fsp3) is 0.857. The minimum absolute atomic E-state index is 0.293. The number of carbonyl (C=O) groups is 1. The molecule has 0 bridgehead atoms. The Bertz CT molecular complexity index is 623. The number of rotatable bonds is 5. The van der Waals surface area contributed by atoms with E-state index in [1.54, 1.807) is 0 Å². The molecule has 1 saturated carbocycles. The molecule has 1 aromatic heterocycles. The van der Waals surface area contributed by atoms with Crippen LogP contribution in [0.25, 0.3) is 0 Å². The highest BCUT2D eigenvalue weighted by molar-refractivity contribution is 5.79. The lowest BCUT2D eigenvalue weighted by atomic mass is 9.87. The standard InChI is InChI=1S/C21H35N5O/c1-2-26-19(16-24-12-6-7-13-24)22-23-20(26)17-10-14-25(15-11-17)21(27)18-8-4-3-5-9-18/h17-18H,2-16H2,1H3. The summed E-state index contributed by atoms with van der Waals surface area (Å²) in [7, 11) is 0. The molecule has 2 saturated heterocycles. The number of likely N-dealkylation sites (tertiary alicyclic amines) is 2. The summed E-state index contributed by atoms with van der Waals surface area (Å²) in [6.07, 6.45) is 10.6. The van der Waals surface area contributed by atoms with Crippen molar-refractivity contribution in [1.29, 1.82) is 0 Å². The highest BCUT2D eigenvalue weighted by atomic mass is 16.2. The fourth-order valence-electron chi connectivity index (χ4n) is 5.22. The van der Waals surface area contributed by atoms with Crippen LogP contribution in [0.3, 0.4) is 0 Å². The van der Waals surface area contributed by atoms with Crippen LogP contribution >= 0.6 is 0 Å². The Morgan fingerprint density at radius 3 is 2.30 bits per heavy atom. The van der Waals surface area contributed by atoms with Gasteiger partial charge in [0.25, 0.3) is 0 Å². The van der Waals surface area contributed by atoms with E-state index >= 15 is 0 Å². The van der Waals surface area contributed by atoms with Crippen LogP contribution in [-0.2, 0) is 17.9 Å². The lowest BCUT2D eigenvalue weighted by Gasteiger charge is -2.35. The largest absolute Gasteiger partial charge is 0.342 e. The molecule has 3 aliphatic rings. The topological polar surface area (TPSA) is 54.3 Å². The third-order valence-electron chi connectivity index (χ3n) is 6.86. The van der Waals surface area contributed by atoms with E-state index < -0.39 is 0 Å². The molecule has 1 amide bonds. The Hall–Kier alpha value is -1.43. The molecule has 27 heavy (non-hydrogen) atoms. The van der Waals surface area contributed by atoms with Crippen molar-refractivity contribution in [1.82, 2.24) is 24.6 Å². The van der Waals surface area contributed by atoms with E-state index in [-0.39, 0.29) is 0 Å². The van der Waals surface area contributed by atoms with Gasteiger partial charge in [-0.05, 0) is 58.5 Å². The summed E-state index contributed by atoms with van der Waals surface area (Å²) in [6, 6.07) is 0. The molecule has 6 nitrogen and oxygen atoms in total. The second-order valence-electron chi connectivity index (χ2n) is 8.64. The summed E-state index contributed by atoms with van der Waals surface area (Å²) in [5.41, 5.74) is 0. The van der Waals surface area contributed by atoms with Crippen LogP contribution < -0.4 is 0 Å². The molecule has 0 unspecified atom stereocenters. The van der Waals surface area contributed by atoms with Crippen molar-refractivity contribution in [2.75, 3.05) is 26.2 Å². The van der Waals surface area contributed by atoms with Gasteiger partial charge in [-0.2, -0.15) is 0 Å². The van der Waals surface area contributed by atoms with Crippen molar-refractivity contribution in [3.05, 3.63) is 11.6 Å². The first-order chi connectivity index (χ1) is 13.3. The van der Waals surface area contributed by atoms with Gasteiger partial charge in [-0.1, -0.05) is 19.3 Å². The van der Waals surface area contributed by atoms with E-state index in [2.05, 4.69) is 31.5 Å². The van der Waals surface area contributed by atoms with E-state index in [9.17, 15) is 4.79 Å². The van der Waals surface area contributed by atoms with E-state index in [0.717, 1.165) is 63.5 Å². The highest BCUT2D eigenvalue weighted by Crippen LogP contribution is 2.31. The van der Waals surface area contributed by atoms with Crippen LogP contribution in [0.15, 0.2) is 0 Å². The Kier molecular flexibility index (Phi) is 6.11. The van der Waals surface area contributed by atoms with Gasteiger partial charge >= 0.3 is 0 Å². The third kappa shape index (κ3) is 4.20. The van der Waals surface area contributed by atoms with Crippen molar-refractivity contribution in [3.63, 3.8) is 0 Å². The lowest BCUT2D eigenvalue weighted by Crippen LogP contribution is -2.42. The van der Waals surface area contributed by atoms with Crippen LogP contribution in [-0.4, -0.2) is 56.7 Å². The molecule has 0 radical (unpaired) electrons. The smallest absolute Gasteiger partial charge is 0.225 e. The lowest BCUT2D eigenvalue weighted by molar-refractivity contribution is -0.137. The van der Waals surface area contributed by atoms with Crippen molar-refractivity contribution < 1.29 is 4.79 Å². The van der Waals surface area contributed by atoms with Gasteiger partial charge in [0, 0.05) is 31.5 Å². The maximum absolute atomic E-state index is 12.8. The average Bonchev–Trinajstić information content (AvgIpc) is 3.38. The van der Waals surface area contributed by atoms with Gasteiger partial charge in [0.2, 0.25) is 5.91 Å². The van der Waals surface area contributed by atoms with Gasteiger partial charge in [-0.25, -0.2) is 0 Å². The van der Waals surface area contributed by atoms with Crippen LogP contribution in [0.4, 0.5) is 0 Å². The van der Waals surface area contributed by atoms with Gasteiger partial charge in [0.15, 0.2) is 0 Å². The molecule has 4 rings (SSSR count). The van der Waals surface area contributed by atoms with E-state index in [4.69, 9.17) is 0 Å². The number of piperidine rings is 1. The molecular formula is C21H35N5O. The van der Waals surface area contributed by atoms with Crippen LogP contribution in [0.2, 0.25) is 0 Å². The Morgan fingerprint density at radius 2 is 1.63 bits per heavy atom. The Labute approximate surface area is 163 Å². The first-order valence-corrected chi connectivity index (χ1v) is 11.2. The molecular weight excluding hydrogens is 338 g/mol. The van der Waals surface area contributed by atoms with E-state index in [1.165, 1.54) is 45.2 Å². The molecule has 0 aromatic carbocycles. The second-order valence-corrected chi connectivity index (χ2v) is 8.64. The number of amides is 1. The summed E-state index contributed by atoms with van der Waals surface area (Å²) in [4.78, 5) is 17.4. The van der Waals surface area contributed by atoms with Crippen molar-refractivity contribution in [3.8, 4) is 0 Å². The first kappa shape index (κ1) is 18.9. The molecule has 3 heterocycles. The number of nitrogens with zero attached hydrogens (tertiary/aromatic N) is 5. The van der Waals surface area contributed by atoms with Crippen LogP contribution in [0.1, 0.15) is 82.3 Å². The van der Waals surface area contributed by atoms with E-state index in [1.807, 2.05) is 0 Å². The number of hydrogen-bond acceptors (Lipinski definition) is 4. The summed E-state index contributed by atoms with van der Waals surface area (Å²) >= 11 is 0. The molecule has 150 valence electrons. The second kappa shape index (κ2) is 8.72. The maximum atomic E-state index is 12.8. The van der Waals surface area contributed by atoms with Crippen molar-refractivity contribution >= 4 is 5.91 Å². The molecule has 3 fully saturated rings. The summed E-state index contributed by atoms with van der Waals surface area (Å²) in [5.74, 6) is 3.42. The number of aromatic nitrogens is 3. The van der Waals surface area contributed by atoms with E-state index in [0.29, 0.717) is 17.7 Å². The average molecular weight is 374 g/mol. The van der Waals surface area contributed by atoms with Gasteiger partial charge in [0.1, 0.15) is 11.6 Å². The molecule has 6 heteroatoms. The molecule has 1 aliphatic carbocycles. The minimum Gasteiger partial charge on any atom is -0.342 e. The number of carbonyl (C=O) groups excluding carboxylic acids is 1. The highest BCUT2D eigenvalue weighted by Gasteiger charge is 2.31. The van der Waals surface area contributed by atoms with Crippen LogP contribution in [0, 0.1) is 5.92 Å². The maximum Gasteiger partial charge on any atom is 0.225 e. The molecule has 2 aliphatic heterocycles. The van der Waals surface area contributed by atoms with Crippen LogP contribution in [0.5, 0.6) is 0 Å². The first-order valence-electron chi connectivity index (χ1n) is 11.2. The quantitative estimate of drug-likeness (QED) is 0.795. The number of hydrogen-bond donors (Lipinski definition) is 0. The normalized spacial score (nSPS) is 23.2. The molecule has 0 atom stereocenters. The summed E-state index contributed by atoms with van der Waals surface area (Å²) in [5, 5.41) is 9.14. The van der Waals surface area contributed by atoms with Crippen molar-refractivity contribution in [2.24, 2.45) is 5.92 Å². The molecule has 0 N–H and O–H groups in total. The Balaban J connectivity index is 1.36. The third-order valence-corrected chi connectivity index (χ3v) is 6.86. The minimum atomic E-state index is 0.293. The Morgan fingerprint density at radius 1 is 0.926 bits per heavy atom. The predicted molar refractivity (Wildman–Crippen MR) is 105 cm³/mol. The zero-order chi connectivity index (χ0) is 18.6. The summed E-state index contributed by atoms with van der Waals surface area (Å²) in [6.45, 7) is 8.21. The summed E-state index contributed by atoms with van der Waals surface area (Å²) < 4.78 is 2.33.